The lowest BCUT2D eigenvalue weighted by molar-refractivity contribution is 0.478. The van der Waals surface area contributed by atoms with Gasteiger partial charge in [0.2, 0.25) is 0 Å². The van der Waals surface area contributed by atoms with Crippen molar-refractivity contribution in [2.24, 2.45) is 5.92 Å². The number of unbranched alkanes of at least 4 members (excludes halogenated alkanes) is 1. The molecule has 2 N–H and O–H groups in total. The van der Waals surface area contributed by atoms with Crippen LogP contribution in [0.3, 0.4) is 0 Å². The Balaban J connectivity index is 1.39. The fourth-order valence-corrected chi connectivity index (χ4v) is 6.74. The first kappa shape index (κ1) is 28.7. The number of hydrogen-bond donors (Lipinski definition) is 2. The van der Waals surface area contributed by atoms with Crippen LogP contribution in [0.15, 0.2) is 60.7 Å². The highest BCUT2D eigenvalue weighted by Gasteiger charge is 2.22. The molecular formula is C37H47N5. The summed E-state index contributed by atoms with van der Waals surface area (Å²) in [6, 6.07) is 22.2. The Morgan fingerprint density at radius 1 is 0.857 bits per heavy atom. The van der Waals surface area contributed by atoms with E-state index in [4.69, 9.17) is 9.97 Å². The SMILES string of the molecule is CCCCc1nc2c(NC(C)(C)C)nc3ccccc3c2n1Cc1ccc(CNCCC2CCCC2)c2ccccc12. The largest absolute Gasteiger partial charge is 0.364 e. The minimum absolute atomic E-state index is 0.118. The quantitative estimate of drug-likeness (QED) is 0.158. The van der Waals surface area contributed by atoms with E-state index in [1.54, 1.807) is 0 Å². The van der Waals surface area contributed by atoms with Crippen LogP contribution in [-0.2, 0) is 19.5 Å². The number of pyridine rings is 1. The van der Waals surface area contributed by atoms with Crippen LogP contribution in [0.25, 0.3) is 32.7 Å². The third-order valence-corrected chi connectivity index (χ3v) is 8.86. The number of aryl methyl sites for hydroxylation is 1. The summed E-state index contributed by atoms with van der Waals surface area (Å²) in [5, 5.41) is 11.3. The first-order chi connectivity index (χ1) is 20.4. The lowest BCUT2D eigenvalue weighted by Gasteiger charge is -2.22. The summed E-state index contributed by atoms with van der Waals surface area (Å²) >= 11 is 0. The van der Waals surface area contributed by atoms with Gasteiger partial charge in [0.05, 0.1) is 11.0 Å². The van der Waals surface area contributed by atoms with Crippen molar-refractivity contribution in [2.75, 3.05) is 11.9 Å². The molecule has 0 aliphatic heterocycles. The molecule has 0 saturated heterocycles. The molecule has 5 nitrogen and oxygen atoms in total. The number of nitrogens with one attached hydrogen (secondary N) is 2. The number of nitrogens with zero attached hydrogens (tertiary/aromatic N) is 3. The van der Waals surface area contributed by atoms with Gasteiger partial charge in [0.15, 0.2) is 5.82 Å². The first-order valence-electron chi connectivity index (χ1n) is 16.2. The molecule has 6 rings (SSSR count). The zero-order valence-corrected chi connectivity index (χ0v) is 26.0. The average Bonchev–Trinajstić information content (AvgIpc) is 3.63. The van der Waals surface area contributed by atoms with E-state index in [0.29, 0.717) is 0 Å². The number of benzene rings is 3. The molecule has 0 bridgehead atoms. The minimum Gasteiger partial charge on any atom is -0.364 e. The molecule has 0 radical (unpaired) electrons. The predicted octanol–water partition coefficient (Wildman–Crippen LogP) is 9.01. The minimum atomic E-state index is -0.118. The molecule has 3 aromatic carbocycles. The molecule has 0 atom stereocenters. The third-order valence-electron chi connectivity index (χ3n) is 8.86. The van der Waals surface area contributed by atoms with Gasteiger partial charge in [-0.05, 0) is 74.0 Å². The topological polar surface area (TPSA) is 54.8 Å². The summed E-state index contributed by atoms with van der Waals surface area (Å²) in [6.07, 6.45) is 10.2. The van der Waals surface area contributed by atoms with Gasteiger partial charge in [0.1, 0.15) is 11.3 Å². The molecule has 2 heterocycles. The zero-order valence-electron chi connectivity index (χ0n) is 26.0. The molecule has 1 aliphatic carbocycles. The first-order valence-corrected chi connectivity index (χ1v) is 16.2. The molecule has 1 aliphatic rings. The Morgan fingerprint density at radius 2 is 1.55 bits per heavy atom. The predicted molar refractivity (Wildman–Crippen MR) is 178 cm³/mol. The number of fused-ring (bicyclic) bond motifs is 4. The molecule has 0 amide bonds. The van der Waals surface area contributed by atoms with E-state index in [0.717, 1.165) is 72.9 Å². The monoisotopic (exact) mass is 561 g/mol. The summed E-state index contributed by atoms with van der Waals surface area (Å²) in [7, 11) is 0. The van der Waals surface area contributed by atoms with Crippen LogP contribution in [0.2, 0.25) is 0 Å². The van der Waals surface area contributed by atoms with E-state index >= 15 is 0 Å². The van der Waals surface area contributed by atoms with Crippen LogP contribution >= 0.6 is 0 Å². The molecule has 220 valence electrons. The number of rotatable bonds is 11. The van der Waals surface area contributed by atoms with Crippen LogP contribution in [0, 0.1) is 5.92 Å². The second-order valence-corrected chi connectivity index (χ2v) is 13.3. The zero-order chi connectivity index (χ0) is 29.1. The van der Waals surface area contributed by atoms with Crippen molar-refractivity contribution < 1.29 is 0 Å². The Morgan fingerprint density at radius 3 is 2.29 bits per heavy atom. The standard InChI is InChI=1S/C37H47N5/c1-5-6-19-33-40-34-35(31-17-11-12-18-32(31)39-36(34)41-37(2,3)4)42(33)25-28-21-20-27(29-15-9-10-16-30(28)29)24-38-23-22-26-13-7-8-14-26/h9-12,15-18,20-21,26,38H,5-8,13-14,19,22-25H2,1-4H3,(H,39,41). The lowest BCUT2D eigenvalue weighted by Crippen LogP contribution is -2.26. The molecule has 5 aromatic rings. The van der Waals surface area contributed by atoms with Gasteiger partial charge < -0.3 is 15.2 Å². The summed E-state index contributed by atoms with van der Waals surface area (Å²) < 4.78 is 2.48. The maximum atomic E-state index is 5.29. The van der Waals surface area contributed by atoms with Crippen LogP contribution in [0.5, 0.6) is 0 Å². The van der Waals surface area contributed by atoms with Gasteiger partial charge in [0.25, 0.3) is 0 Å². The van der Waals surface area contributed by atoms with Crippen molar-refractivity contribution in [2.45, 2.75) is 97.7 Å². The molecule has 5 heteroatoms. The second kappa shape index (κ2) is 12.4. The van der Waals surface area contributed by atoms with Crippen molar-refractivity contribution in [3.8, 4) is 0 Å². The fraction of sp³-hybridized carbons (Fsp3) is 0.459. The Hall–Kier alpha value is -3.44. The van der Waals surface area contributed by atoms with Crippen molar-refractivity contribution >= 4 is 38.5 Å². The van der Waals surface area contributed by atoms with Gasteiger partial charge in [-0.3, -0.25) is 0 Å². The van der Waals surface area contributed by atoms with Gasteiger partial charge in [-0.25, -0.2) is 9.97 Å². The highest BCUT2D eigenvalue weighted by molar-refractivity contribution is 6.07. The third kappa shape index (κ3) is 6.17. The van der Waals surface area contributed by atoms with E-state index in [9.17, 15) is 0 Å². The van der Waals surface area contributed by atoms with E-state index in [1.165, 1.54) is 59.5 Å². The Kier molecular flexibility index (Phi) is 8.48. The number of aromatic nitrogens is 3. The number of hydrogen-bond acceptors (Lipinski definition) is 4. The average molecular weight is 562 g/mol. The summed E-state index contributed by atoms with van der Waals surface area (Å²) in [5.41, 5.74) is 5.76. The maximum Gasteiger partial charge on any atom is 0.155 e. The van der Waals surface area contributed by atoms with Gasteiger partial charge in [-0.15, -0.1) is 0 Å². The van der Waals surface area contributed by atoms with Crippen molar-refractivity contribution in [1.82, 2.24) is 19.9 Å². The van der Waals surface area contributed by atoms with Gasteiger partial charge in [-0.2, -0.15) is 0 Å². The fourth-order valence-electron chi connectivity index (χ4n) is 6.74. The van der Waals surface area contributed by atoms with Crippen LogP contribution in [0.1, 0.15) is 89.6 Å². The normalized spacial score (nSPS) is 14.5. The smallest absolute Gasteiger partial charge is 0.155 e. The lowest BCUT2D eigenvalue weighted by atomic mass is 9.99. The number of imidazole rings is 1. The maximum absolute atomic E-state index is 5.29. The van der Waals surface area contributed by atoms with E-state index in [2.05, 4.69) is 104 Å². The second-order valence-electron chi connectivity index (χ2n) is 13.3. The van der Waals surface area contributed by atoms with E-state index < -0.39 is 0 Å². The number of anilines is 1. The molecule has 1 fully saturated rings. The summed E-state index contributed by atoms with van der Waals surface area (Å²) in [5.74, 6) is 2.94. The Labute approximate surface area is 251 Å². The van der Waals surface area contributed by atoms with Crippen LogP contribution in [0.4, 0.5) is 5.82 Å². The molecule has 0 unspecified atom stereocenters. The summed E-state index contributed by atoms with van der Waals surface area (Å²) in [4.78, 5) is 10.3. The van der Waals surface area contributed by atoms with E-state index in [1.807, 2.05) is 0 Å². The van der Waals surface area contributed by atoms with Gasteiger partial charge in [0, 0.05) is 30.4 Å². The Bertz CT molecular complexity index is 1670. The molecule has 0 spiro atoms. The highest BCUT2D eigenvalue weighted by atomic mass is 15.1. The van der Waals surface area contributed by atoms with Gasteiger partial charge >= 0.3 is 0 Å². The molecule has 1 saturated carbocycles. The highest BCUT2D eigenvalue weighted by Crippen LogP contribution is 2.34. The molecule has 2 aromatic heterocycles. The van der Waals surface area contributed by atoms with Gasteiger partial charge in [-0.1, -0.05) is 93.6 Å². The van der Waals surface area contributed by atoms with Crippen molar-refractivity contribution in [1.29, 1.82) is 0 Å². The van der Waals surface area contributed by atoms with Crippen LogP contribution in [-0.4, -0.2) is 26.6 Å². The molecular weight excluding hydrogens is 514 g/mol. The molecule has 42 heavy (non-hydrogen) atoms. The van der Waals surface area contributed by atoms with Crippen molar-refractivity contribution in [3.05, 3.63) is 77.6 Å². The van der Waals surface area contributed by atoms with Crippen molar-refractivity contribution in [3.63, 3.8) is 0 Å². The summed E-state index contributed by atoms with van der Waals surface area (Å²) in [6.45, 7) is 11.6. The van der Waals surface area contributed by atoms with Crippen LogP contribution < -0.4 is 10.6 Å². The van der Waals surface area contributed by atoms with E-state index in [-0.39, 0.29) is 5.54 Å². The number of para-hydroxylation sites is 1.